The lowest BCUT2D eigenvalue weighted by molar-refractivity contribution is -0.127. The Kier molecular flexibility index (Phi) is 10.7. The highest BCUT2D eigenvalue weighted by molar-refractivity contribution is 7.97. The summed E-state index contributed by atoms with van der Waals surface area (Å²) < 4.78 is 4.69. The third-order valence-corrected chi connectivity index (χ3v) is 7.21. The van der Waals surface area contributed by atoms with Gasteiger partial charge in [-0.2, -0.15) is 0 Å². The van der Waals surface area contributed by atoms with Crippen molar-refractivity contribution in [2.45, 2.75) is 56.4 Å². The molecule has 0 aliphatic carbocycles. The van der Waals surface area contributed by atoms with Crippen molar-refractivity contribution in [3.8, 4) is 0 Å². The predicted molar refractivity (Wildman–Crippen MR) is 122 cm³/mol. The fourth-order valence-corrected chi connectivity index (χ4v) is 5.01. The van der Waals surface area contributed by atoms with Gasteiger partial charge in [-0.1, -0.05) is 27.7 Å². The Bertz CT molecular complexity index is 576. The summed E-state index contributed by atoms with van der Waals surface area (Å²) in [5, 5.41) is 6.36. The summed E-state index contributed by atoms with van der Waals surface area (Å²) in [5.74, 6) is 0.349. The van der Waals surface area contributed by atoms with E-state index in [0.717, 1.165) is 52.1 Å². The van der Waals surface area contributed by atoms with Crippen LogP contribution in [0.2, 0.25) is 0 Å². The average molecular weight is 425 g/mol. The smallest absolute Gasteiger partial charge is 0.224 e. The summed E-state index contributed by atoms with van der Waals surface area (Å²) in [5.41, 5.74) is 0. The van der Waals surface area contributed by atoms with E-state index in [4.69, 9.17) is 0 Å². The van der Waals surface area contributed by atoms with Gasteiger partial charge in [-0.25, -0.2) is 8.61 Å². The van der Waals surface area contributed by atoms with Gasteiger partial charge in [0, 0.05) is 49.1 Å². The number of hydrogen-bond acceptors (Lipinski definition) is 6. The lowest BCUT2D eigenvalue weighted by Gasteiger charge is -2.34. The van der Waals surface area contributed by atoms with Gasteiger partial charge in [0.1, 0.15) is 0 Å². The normalized spacial score (nSPS) is 20.2. The average Bonchev–Trinajstić information content (AvgIpc) is 2.71. The molecule has 2 N–H and O–H groups in total. The van der Waals surface area contributed by atoms with Gasteiger partial charge in [0.15, 0.2) is 0 Å². The number of nitrogens with zero attached hydrogens (tertiary/aromatic N) is 2. The highest BCUT2D eigenvalue weighted by Gasteiger charge is 2.29. The molecule has 3 rings (SSSR count). The predicted octanol–water partition coefficient (Wildman–Crippen LogP) is 3.87. The maximum Gasteiger partial charge on any atom is 0.224 e. The minimum atomic E-state index is 0.120. The van der Waals surface area contributed by atoms with E-state index in [2.05, 4.69) is 57.4 Å². The molecular formula is C21H36N4OS2. The molecule has 1 atom stereocenters. The Balaban J connectivity index is 0.00000136. The second-order valence-corrected chi connectivity index (χ2v) is 9.20. The van der Waals surface area contributed by atoms with Crippen LogP contribution in [-0.4, -0.2) is 59.8 Å². The zero-order chi connectivity index (χ0) is 20.4. The largest absolute Gasteiger partial charge is 0.351 e. The zero-order valence-electron chi connectivity index (χ0n) is 17.7. The van der Waals surface area contributed by atoms with Crippen molar-refractivity contribution in [1.29, 1.82) is 0 Å². The summed E-state index contributed by atoms with van der Waals surface area (Å²) in [6.07, 6.45) is 2.09. The molecular weight excluding hydrogens is 388 g/mol. The summed E-state index contributed by atoms with van der Waals surface area (Å²) >= 11 is 3.60. The number of piperidine rings is 1. The summed E-state index contributed by atoms with van der Waals surface area (Å²) in [6.45, 7) is 14.2. The minimum Gasteiger partial charge on any atom is -0.351 e. The van der Waals surface area contributed by atoms with Crippen molar-refractivity contribution in [3.63, 3.8) is 0 Å². The van der Waals surface area contributed by atoms with Crippen LogP contribution in [0.1, 0.15) is 40.5 Å². The van der Waals surface area contributed by atoms with E-state index in [1.165, 1.54) is 9.79 Å². The van der Waals surface area contributed by atoms with Gasteiger partial charge < -0.3 is 10.6 Å². The molecule has 1 amide bonds. The first-order chi connectivity index (χ1) is 13.7. The third kappa shape index (κ3) is 7.26. The summed E-state index contributed by atoms with van der Waals surface area (Å²) in [7, 11) is 0. The lowest BCUT2D eigenvalue weighted by Crippen LogP contribution is -2.58. The Labute approximate surface area is 179 Å². The van der Waals surface area contributed by atoms with Crippen LogP contribution in [0.3, 0.4) is 0 Å². The molecule has 0 spiro atoms. The van der Waals surface area contributed by atoms with Crippen LogP contribution in [0.4, 0.5) is 0 Å². The van der Waals surface area contributed by atoms with Crippen molar-refractivity contribution >= 4 is 29.8 Å². The molecule has 2 aliphatic rings. The molecule has 0 aromatic heterocycles. The molecule has 0 bridgehead atoms. The Morgan fingerprint density at radius 1 is 1.18 bits per heavy atom. The van der Waals surface area contributed by atoms with E-state index >= 15 is 0 Å². The zero-order valence-corrected chi connectivity index (χ0v) is 19.4. The number of carbonyl (C=O) groups is 1. The molecule has 28 heavy (non-hydrogen) atoms. The highest BCUT2D eigenvalue weighted by Crippen LogP contribution is 2.30. The molecule has 7 heteroatoms. The minimum absolute atomic E-state index is 0.120. The Hall–Kier alpha value is -0.730. The third-order valence-electron chi connectivity index (χ3n) is 4.88. The molecule has 1 aromatic carbocycles. The standard InChI is InChI=1S/C19H30N4OS2.C2H6/c1-3-22(4-2)25-17-7-9-18(10-8-17)26-23-11-5-6-15(14-23)19(24)21-16-12-20-13-16;1-2/h7-10,15-16,20H,3-6,11-14H2,1-2H3,(H,21,24);1-2H3. The van der Waals surface area contributed by atoms with Gasteiger partial charge in [0.25, 0.3) is 0 Å². The lowest BCUT2D eigenvalue weighted by atomic mass is 9.98. The van der Waals surface area contributed by atoms with E-state index in [1.807, 2.05) is 25.8 Å². The van der Waals surface area contributed by atoms with Crippen molar-refractivity contribution in [1.82, 2.24) is 19.2 Å². The fraction of sp³-hybridized carbons (Fsp3) is 0.667. The van der Waals surface area contributed by atoms with Gasteiger partial charge in [0.05, 0.1) is 12.0 Å². The number of carbonyl (C=O) groups excluding carboxylic acids is 1. The second-order valence-electron chi connectivity index (χ2n) is 6.86. The molecule has 158 valence electrons. The maximum absolute atomic E-state index is 12.4. The molecule has 2 fully saturated rings. The quantitative estimate of drug-likeness (QED) is 0.618. The molecule has 1 unspecified atom stereocenters. The van der Waals surface area contributed by atoms with Crippen molar-refractivity contribution in [3.05, 3.63) is 24.3 Å². The number of amides is 1. The van der Waals surface area contributed by atoms with Crippen LogP contribution in [0.25, 0.3) is 0 Å². The molecule has 2 heterocycles. The van der Waals surface area contributed by atoms with Crippen LogP contribution >= 0.6 is 23.9 Å². The van der Waals surface area contributed by atoms with Gasteiger partial charge in [-0.15, -0.1) is 0 Å². The van der Waals surface area contributed by atoms with Crippen molar-refractivity contribution < 1.29 is 4.79 Å². The first-order valence-electron chi connectivity index (χ1n) is 10.6. The maximum atomic E-state index is 12.4. The van der Waals surface area contributed by atoms with Gasteiger partial charge in [-0.3, -0.25) is 4.79 Å². The van der Waals surface area contributed by atoms with E-state index in [1.54, 1.807) is 11.9 Å². The summed E-state index contributed by atoms with van der Waals surface area (Å²) in [6, 6.07) is 9.12. The Morgan fingerprint density at radius 2 is 1.82 bits per heavy atom. The van der Waals surface area contributed by atoms with E-state index in [-0.39, 0.29) is 11.8 Å². The number of benzene rings is 1. The topological polar surface area (TPSA) is 47.6 Å². The molecule has 2 saturated heterocycles. The van der Waals surface area contributed by atoms with E-state index in [0.29, 0.717) is 6.04 Å². The SMILES string of the molecule is CC.CCN(CC)Sc1ccc(SN2CCCC(C(=O)NC3CNC3)C2)cc1. The van der Waals surface area contributed by atoms with Gasteiger partial charge >= 0.3 is 0 Å². The second kappa shape index (κ2) is 12.8. The molecule has 0 radical (unpaired) electrons. The molecule has 5 nitrogen and oxygen atoms in total. The molecule has 1 aromatic rings. The van der Waals surface area contributed by atoms with Gasteiger partial charge in [0.2, 0.25) is 5.91 Å². The fourth-order valence-electron chi connectivity index (χ4n) is 3.16. The highest BCUT2D eigenvalue weighted by atomic mass is 32.2. The number of hydrogen-bond donors (Lipinski definition) is 2. The first-order valence-corrected chi connectivity index (χ1v) is 12.2. The van der Waals surface area contributed by atoms with Crippen LogP contribution in [0.5, 0.6) is 0 Å². The number of nitrogens with one attached hydrogen (secondary N) is 2. The van der Waals surface area contributed by atoms with Crippen LogP contribution in [0.15, 0.2) is 34.1 Å². The van der Waals surface area contributed by atoms with Gasteiger partial charge in [-0.05, 0) is 61.0 Å². The van der Waals surface area contributed by atoms with Crippen LogP contribution in [-0.2, 0) is 4.79 Å². The van der Waals surface area contributed by atoms with Crippen LogP contribution < -0.4 is 10.6 Å². The van der Waals surface area contributed by atoms with E-state index in [9.17, 15) is 4.79 Å². The number of rotatable bonds is 8. The molecule has 0 saturated carbocycles. The first kappa shape index (κ1) is 23.5. The monoisotopic (exact) mass is 424 g/mol. The van der Waals surface area contributed by atoms with Crippen molar-refractivity contribution in [2.24, 2.45) is 5.92 Å². The van der Waals surface area contributed by atoms with E-state index < -0.39 is 0 Å². The summed E-state index contributed by atoms with van der Waals surface area (Å²) in [4.78, 5) is 15.0. The van der Waals surface area contributed by atoms with Crippen LogP contribution in [0, 0.1) is 5.92 Å². The van der Waals surface area contributed by atoms with Crippen molar-refractivity contribution in [2.75, 3.05) is 39.3 Å². The molecule has 2 aliphatic heterocycles. The Morgan fingerprint density at radius 3 is 2.39 bits per heavy atom.